The summed E-state index contributed by atoms with van der Waals surface area (Å²) in [6.07, 6.45) is 1.16. The molecule has 2 unspecified atom stereocenters. The van der Waals surface area contributed by atoms with Crippen LogP contribution >= 0.6 is 0 Å². The van der Waals surface area contributed by atoms with E-state index in [-0.39, 0.29) is 5.41 Å². The van der Waals surface area contributed by atoms with Crippen molar-refractivity contribution < 1.29 is 4.74 Å². The first-order chi connectivity index (χ1) is 9.94. The lowest BCUT2D eigenvalue weighted by Gasteiger charge is -2.44. The van der Waals surface area contributed by atoms with Gasteiger partial charge in [-0.2, -0.15) is 0 Å². The molecule has 4 nitrogen and oxygen atoms in total. The van der Waals surface area contributed by atoms with E-state index in [0.717, 1.165) is 31.7 Å². The summed E-state index contributed by atoms with van der Waals surface area (Å²) in [4.78, 5) is 7.12. The first-order valence-electron chi connectivity index (χ1n) is 7.91. The fourth-order valence-corrected chi connectivity index (χ4v) is 2.90. The van der Waals surface area contributed by atoms with E-state index in [1.165, 1.54) is 0 Å². The van der Waals surface area contributed by atoms with Gasteiger partial charge in [-0.25, -0.2) is 4.98 Å². The summed E-state index contributed by atoms with van der Waals surface area (Å²) < 4.78 is 5.23. The van der Waals surface area contributed by atoms with Gasteiger partial charge >= 0.3 is 0 Å². The quantitative estimate of drug-likeness (QED) is 0.925. The molecule has 2 rings (SSSR count). The molecule has 1 aliphatic rings. The predicted octanol–water partition coefficient (Wildman–Crippen LogP) is 2.69. The Kier molecular flexibility index (Phi) is 5.22. The van der Waals surface area contributed by atoms with Crippen LogP contribution in [0.2, 0.25) is 0 Å². The normalized spacial score (nSPS) is 24.0. The minimum Gasteiger partial charge on any atom is -0.481 e. The Morgan fingerprint density at radius 1 is 1.38 bits per heavy atom. The maximum Gasteiger partial charge on any atom is 0.213 e. The van der Waals surface area contributed by atoms with E-state index in [4.69, 9.17) is 4.74 Å². The Morgan fingerprint density at radius 3 is 2.76 bits per heavy atom. The molecule has 1 N–H and O–H groups in total. The van der Waals surface area contributed by atoms with Crippen molar-refractivity contribution in [3.63, 3.8) is 0 Å². The van der Waals surface area contributed by atoms with Gasteiger partial charge in [0.1, 0.15) is 0 Å². The Labute approximate surface area is 128 Å². The van der Waals surface area contributed by atoms with Crippen LogP contribution in [0.3, 0.4) is 0 Å². The topological polar surface area (TPSA) is 37.4 Å². The summed E-state index contributed by atoms with van der Waals surface area (Å²) in [6.45, 7) is 12.2. The van der Waals surface area contributed by atoms with Crippen LogP contribution in [0.25, 0.3) is 0 Å². The van der Waals surface area contributed by atoms with Crippen molar-refractivity contribution in [1.82, 2.24) is 15.2 Å². The van der Waals surface area contributed by atoms with Crippen molar-refractivity contribution in [3.8, 4) is 5.88 Å². The molecule has 0 amide bonds. The molecule has 0 spiro atoms. The molecule has 2 atom stereocenters. The lowest BCUT2D eigenvalue weighted by atomic mass is 9.84. The zero-order chi connectivity index (χ0) is 15.5. The number of piperazine rings is 1. The van der Waals surface area contributed by atoms with E-state index in [1.54, 1.807) is 7.11 Å². The van der Waals surface area contributed by atoms with Gasteiger partial charge in [0.05, 0.1) is 12.8 Å². The van der Waals surface area contributed by atoms with Gasteiger partial charge in [0, 0.05) is 37.8 Å². The molecule has 118 valence electrons. The number of aromatic nitrogens is 1. The third-order valence-electron chi connectivity index (χ3n) is 4.41. The number of ether oxygens (including phenoxy) is 1. The van der Waals surface area contributed by atoms with Crippen molar-refractivity contribution in [3.05, 3.63) is 23.9 Å². The molecule has 2 heterocycles. The largest absolute Gasteiger partial charge is 0.481 e. The highest BCUT2D eigenvalue weighted by atomic mass is 16.5. The van der Waals surface area contributed by atoms with Crippen molar-refractivity contribution in [1.29, 1.82) is 0 Å². The van der Waals surface area contributed by atoms with Gasteiger partial charge in [0.2, 0.25) is 5.88 Å². The number of nitrogens with zero attached hydrogens (tertiary/aromatic N) is 2. The van der Waals surface area contributed by atoms with Crippen molar-refractivity contribution in [2.24, 2.45) is 5.41 Å². The van der Waals surface area contributed by atoms with Crippen LogP contribution in [-0.4, -0.2) is 42.2 Å². The number of methoxy groups -OCH3 is 1. The molecule has 1 aliphatic heterocycles. The average Bonchev–Trinajstić information content (AvgIpc) is 2.46. The maximum atomic E-state index is 5.23. The van der Waals surface area contributed by atoms with E-state index in [0.29, 0.717) is 18.0 Å². The van der Waals surface area contributed by atoms with E-state index in [2.05, 4.69) is 49.0 Å². The highest BCUT2D eigenvalue weighted by Gasteiger charge is 2.33. The minimum absolute atomic E-state index is 0.277. The molecule has 0 radical (unpaired) electrons. The van der Waals surface area contributed by atoms with Crippen LogP contribution < -0.4 is 10.1 Å². The Hall–Kier alpha value is -1.13. The highest BCUT2D eigenvalue weighted by Crippen LogP contribution is 2.25. The predicted molar refractivity (Wildman–Crippen MR) is 86.5 cm³/mol. The minimum atomic E-state index is 0.277. The highest BCUT2D eigenvalue weighted by molar-refractivity contribution is 5.16. The molecular weight excluding hydrogens is 262 g/mol. The van der Waals surface area contributed by atoms with Crippen molar-refractivity contribution in [2.45, 2.75) is 52.7 Å². The lowest BCUT2D eigenvalue weighted by Crippen LogP contribution is -2.59. The third-order valence-corrected chi connectivity index (χ3v) is 4.41. The monoisotopic (exact) mass is 291 g/mol. The number of pyridine rings is 1. The third kappa shape index (κ3) is 4.17. The van der Waals surface area contributed by atoms with E-state index >= 15 is 0 Å². The van der Waals surface area contributed by atoms with Gasteiger partial charge < -0.3 is 10.1 Å². The van der Waals surface area contributed by atoms with Crippen LogP contribution in [0.1, 0.15) is 39.8 Å². The van der Waals surface area contributed by atoms with E-state index < -0.39 is 0 Å². The molecule has 1 fully saturated rings. The van der Waals surface area contributed by atoms with Crippen LogP contribution in [-0.2, 0) is 6.54 Å². The standard InChI is InChI=1S/C17H29N3O/c1-6-14-10-18-15(17(2,3)4)12-20(14)11-13-8-7-9-16(19-13)21-5/h7-9,14-15,18H,6,10-12H2,1-5H3. The zero-order valence-corrected chi connectivity index (χ0v) is 14.0. The first kappa shape index (κ1) is 16.2. The smallest absolute Gasteiger partial charge is 0.213 e. The van der Waals surface area contributed by atoms with Gasteiger partial charge in [-0.3, -0.25) is 4.90 Å². The number of rotatable bonds is 4. The summed E-state index contributed by atoms with van der Waals surface area (Å²) in [5.41, 5.74) is 1.36. The van der Waals surface area contributed by atoms with Gasteiger partial charge in [-0.05, 0) is 17.9 Å². The molecule has 0 bridgehead atoms. The second-order valence-corrected chi connectivity index (χ2v) is 6.99. The molecule has 0 aliphatic carbocycles. The van der Waals surface area contributed by atoms with Gasteiger partial charge in [0.15, 0.2) is 0 Å². The zero-order valence-electron chi connectivity index (χ0n) is 14.0. The van der Waals surface area contributed by atoms with E-state index in [1.807, 2.05) is 12.1 Å². The number of nitrogens with one attached hydrogen (secondary N) is 1. The molecule has 0 saturated carbocycles. The summed E-state index contributed by atoms with van der Waals surface area (Å²) in [5.74, 6) is 0.697. The van der Waals surface area contributed by atoms with Crippen LogP contribution in [0.4, 0.5) is 0 Å². The van der Waals surface area contributed by atoms with Crippen molar-refractivity contribution in [2.75, 3.05) is 20.2 Å². The van der Waals surface area contributed by atoms with Crippen LogP contribution in [0.5, 0.6) is 5.88 Å². The van der Waals surface area contributed by atoms with Crippen LogP contribution in [0, 0.1) is 5.41 Å². The Bertz CT molecular complexity index is 456. The average molecular weight is 291 g/mol. The van der Waals surface area contributed by atoms with Crippen LogP contribution in [0.15, 0.2) is 18.2 Å². The first-order valence-corrected chi connectivity index (χ1v) is 7.91. The molecular formula is C17H29N3O. The lowest BCUT2D eigenvalue weighted by molar-refractivity contribution is 0.0763. The summed E-state index contributed by atoms with van der Waals surface area (Å²) in [5, 5.41) is 3.71. The number of hydrogen-bond acceptors (Lipinski definition) is 4. The molecule has 0 aromatic carbocycles. The second-order valence-electron chi connectivity index (χ2n) is 6.99. The number of hydrogen-bond donors (Lipinski definition) is 1. The molecule has 1 saturated heterocycles. The molecule has 1 aromatic rings. The Morgan fingerprint density at radius 2 is 2.14 bits per heavy atom. The molecule has 21 heavy (non-hydrogen) atoms. The SMILES string of the molecule is CCC1CNC(C(C)(C)C)CN1Cc1cccc(OC)n1. The summed E-state index contributed by atoms with van der Waals surface area (Å²) >= 11 is 0. The van der Waals surface area contributed by atoms with Gasteiger partial charge in [-0.1, -0.05) is 33.8 Å². The van der Waals surface area contributed by atoms with E-state index in [9.17, 15) is 0 Å². The fraction of sp³-hybridized carbons (Fsp3) is 0.706. The summed E-state index contributed by atoms with van der Waals surface area (Å²) in [7, 11) is 1.67. The van der Waals surface area contributed by atoms with Crippen molar-refractivity contribution >= 4 is 0 Å². The second kappa shape index (κ2) is 6.75. The Balaban J connectivity index is 2.10. The van der Waals surface area contributed by atoms with Gasteiger partial charge in [0.25, 0.3) is 0 Å². The van der Waals surface area contributed by atoms with Gasteiger partial charge in [-0.15, -0.1) is 0 Å². The molecule has 1 aromatic heterocycles. The maximum absolute atomic E-state index is 5.23. The molecule has 4 heteroatoms. The summed E-state index contributed by atoms with van der Waals surface area (Å²) in [6, 6.07) is 7.10. The fourth-order valence-electron chi connectivity index (χ4n) is 2.90.